The van der Waals surface area contributed by atoms with Gasteiger partial charge < -0.3 is 9.84 Å². The normalized spacial score (nSPS) is 35.9. The first-order valence-electron chi connectivity index (χ1n) is 10.8. The van der Waals surface area contributed by atoms with Gasteiger partial charge in [0, 0.05) is 8.84 Å². The maximum atomic E-state index is 11.9. The van der Waals surface area contributed by atoms with Crippen LogP contribution in [0.25, 0.3) is 0 Å². The largest absolute Gasteiger partial charge is 0.481 e. The highest BCUT2D eigenvalue weighted by Crippen LogP contribution is 2.55. The van der Waals surface area contributed by atoms with Gasteiger partial charge in [0.2, 0.25) is 0 Å². The van der Waals surface area contributed by atoms with Crippen LogP contribution in [0, 0.1) is 16.7 Å². The van der Waals surface area contributed by atoms with Crippen molar-refractivity contribution >= 4 is 34.5 Å². The fourth-order valence-electron chi connectivity index (χ4n) is 5.47. The van der Waals surface area contributed by atoms with E-state index in [-0.39, 0.29) is 23.7 Å². The third-order valence-electron chi connectivity index (χ3n) is 6.64. The minimum Gasteiger partial charge on any atom is -0.481 e. The zero-order chi connectivity index (χ0) is 21.0. The molecule has 2 rings (SSSR count). The molecule has 160 valence electrons. The third-order valence-corrected chi connectivity index (χ3v) is 7.52. The highest BCUT2D eigenvalue weighted by molar-refractivity contribution is 14.1. The molecule has 1 fully saturated rings. The molecule has 0 aromatic carbocycles. The Hall–Kier alpha value is -0.590. The van der Waals surface area contributed by atoms with Crippen molar-refractivity contribution in [1.29, 1.82) is 0 Å². The van der Waals surface area contributed by atoms with E-state index in [1.807, 2.05) is 0 Å². The molecule has 4 nitrogen and oxygen atoms in total. The average molecular weight is 504 g/mol. The van der Waals surface area contributed by atoms with Crippen LogP contribution in [-0.2, 0) is 14.3 Å². The number of allylic oxidation sites excluding steroid dienone is 2. The van der Waals surface area contributed by atoms with Crippen molar-refractivity contribution in [2.75, 3.05) is 6.61 Å². The predicted octanol–water partition coefficient (Wildman–Crippen LogP) is 6.31. The molecule has 0 saturated heterocycles. The molecule has 0 aliphatic heterocycles. The second-order valence-corrected chi connectivity index (χ2v) is 12.5. The summed E-state index contributed by atoms with van der Waals surface area (Å²) in [6.07, 6.45) is 11.6. The number of aliphatic carboxylic acids is 1. The number of hydrogen-bond acceptors (Lipinski definition) is 3. The quantitative estimate of drug-likeness (QED) is 0.182. The number of ether oxygens (including phenoxy) is 1. The minimum absolute atomic E-state index is 0.0332. The summed E-state index contributed by atoms with van der Waals surface area (Å²) in [6, 6.07) is 0. The zero-order valence-corrected chi connectivity index (χ0v) is 20.1. The van der Waals surface area contributed by atoms with Crippen molar-refractivity contribution in [3.8, 4) is 0 Å². The molecule has 1 saturated carbocycles. The van der Waals surface area contributed by atoms with Crippen LogP contribution in [0.15, 0.2) is 11.6 Å². The maximum Gasteiger partial charge on any atom is 0.306 e. The number of halogens is 1. The highest BCUT2D eigenvalue weighted by Gasteiger charge is 2.45. The fraction of sp³-hybridized carbons (Fsp3) is 0.826. The third kappa shape index (κ3) is 6.46. The molecular formula is C23H37IO4. The molecule has 0 amide bonds. The summed E-state index contributed by atoms with van der Waals surface area (Å²) >= 11 is 2.63. The zero-order valence-electron chi connectivity index (χ0n) is 18.0. The van der Waals surface area contributed by atoms with Crippen LogP contribution in [0.5, 0.6) is 0 Å². The van der Waals surface area contributed by atoms with Gasteiger partial charge in [-0.05, 0) is 49.9 Å². The van der Waals surface area contributed by atoms with E-state index in [0.29, 0.717) is 15.9 Å². The Balaban J connectivity index is 2.07. The van der Waals surface area contributed by atoms with Crippen molar-refractivity contribution < 1.29 is 19.4 Å². The Morgan fingerprint density at radius 3 is 2.61 bits per heavy atom. The Morgan fingerprint density at radius 1 is 1.25 bits per heavy atom. The van der Waals surface area contributed by atoms with E-state index in [4.69, 9.17) is 9.84 Å². The molecule has 4 atom stereocenters. The first kappa shape index (κ1) is 23.7. The smallest absolute Gasteiger partial charge is 0.306 e. The summed E-state index contributed by atoms with van der Waals surface area (Å²) in [6.45, 7) is 9.70. The lowest BCUT2D eigenvalue weighted by Gasteiger charge is -2.49. The number of esters is 1. The number of carbonyl (C=O) groups excluding carboxylic acids is 1. The van der Waals surface area contributed by atoms with Gasteiger partial charge in [-0.2, -0.15) is 0 Å². The lowest BCUT2D eigenvalue weighted by Crippen LogP contribution is -2.41. The van der Waals surface area contributed by atoms with Crippen molar-refractivity contribution in [2.24, 2.45) is 16.7 Å². The van der Waals surface area contributed by atoms with Gasteiger partial charge in [0.05, 0.1) is 19.4 Å². The molecule has 1 N–H and O–H groups in total. The van der Waals surface area contributed by atoms with Gasteiger partial charge in [0.1, 0.15) is 0 Å². The number of hydrogen-bond donors (Lipinski definition) is 1. The molecule has 0 aromatic heterocycles. The summed E-state index contributed by atoms with van der Waals surface area (Å²) in [5, 5.41) is 8.73. The van der Waals surface area contributed by atoms with Crippen molar-refractivity contribution in [2.45, 2.75) is 95.3 Å². The van der Waals surface area contributed by atoms with Crippen LogP contribution >= 0.6 is 22.6 Å². The number of carbonyl (C=O) groups is 2. The Labute approximate surface area is 184 Å². The lowest BCUT2D eigenvalue weighted by molar-refractivity contribution is -0.151. The summed E-state index contributed by atoms with van der Waals surface area (Å²) in [4.78, 5) is 22.6. The topological polar surface area (TPSA) is 63.6 Å². The number of alkyl halides is 1. The van der Waals surface area contributed by atoms with E-state index in [1.165, 1.54) is 25.7 Å². The molecule has 28 heavy (non-hydrogen) atoms. The second kappa shape index (κ2) is 9.48. The molecule has 2 aliphatic rings. The van der Waals surface area contributed by atoms with E-state index in [1.54, 1.807) is 5.57 Å². The van der Waals surface area contributed by atoms with Gasteiger partial charge in [-0.3, -0.25) is 9.59 Å². The van der Waals surface area contributed by atoms with Crippen LogP contribution in [0.4, 0.5) is 0 Å². The molecule has 0 bridgehead atoms. The lowest BCUT2D eigenvalue weighted by atomic mass is 9.57. The molecule has 1 unspecified atom stereocenters. The summed E-state index contributed by atoms with van der Waals surface area (Å²) in [7, 11) is 0. The van der Waals surface area contributed by atoms with Gasteiger partial charge in [-0.15, -0.1) is 0 Å². The van der Waals surface area contributed by atoms with Gasteiger partial charge >= 0.3 is 11.9 Å². The van der Waals surface area contributed by atoms with Crippen molar-refractivity contribution in [3.05, 3.63) is 11.6 Å². The molecule has 0 radical (unpaired) electrons. The standard InChI is InChI=1S/C23H37IO4/c1-5-7-17-14-23(4,24)13-10-18(17)22(3)12-6-11-21(2,15-22)16-28-20(27)9-8-19(25)26/h10,17H,5-9,11-16H2,1-4H3,(H,25,26)/t17?,21-,22-,23+/m1/s1. The van der Waals surface area contributed by atoms with Crippen LogP contribution in [0.3, 0.4) is 0 Å². The molecule has 0 aromatic rings. The maximum absolute atomic E-state index is 11.9. The van der Waals surface area contributed by atoms with Gasteiger partial charge in [-0.25, -0.2) is 0 Å². The number of carboxylic acid groups (broad SMARTS) is 1. The van der Waals surface area contributed by atoms with E-state index >= 15 is 0 Å². The highest BCUT2D eigenvalue weighted by atomic mass is 127. The summed E-state index contributed by atoms with van der Waals surface area (Å²) < 4.78 is 5.86. The summed E-state index contributed by atoms with van der Waals surface area (Å²) in [5.74, 6) is -0.690. The van der Waals surface area contributed by atoms with E-state index < -0.39 is 11.9 Å². The van der Waals surface area contributed by atoms with E-state index in [2.05, 4.69) is 56.4 Å². The van der Waals surface area contributed by atoms with Gasteiger partial charge in [0.25, 0.3) is 0 Å². The Morgan fingerprint density at radius 2 is 1.96 bits per heavy atom. The van der Waals surface area contributed by atoms with E-state index in [9.17, 15) is 9.59 Å². The summed E-state index contributed by atoms with van der Waals surface area (Å²) in [5.41, 5.74) is 1.79. The average Bonchev–Trinajstić information content (AvgIpc) is 2.57. The van der Waals surface area contributed by atoms with Gasteiger partial charge in [0.15, 0.2) is 0 Å². The fourth-order valence-corrected chi connectivity index (χ4v) is 6.22. The molecular weight excluding hydrogens is 467 g/mol. The number of rotatable bonds is 8. The first-order chi connectivity index (χ1) is 13.0. The molecule has 2 aliphatic carbocycles. The molecule has 5 heteroatoms. The van der Waals surface area contributed by atoms with E-state index in [0.717, 1.165) is 25.7 Å². The Bertz CT molecular complexity index is 612. The Kier molecular flexibility index (Phi) is 8.02. The van der Waals surface area contributed by atoms with Crippen molar-refractivity contribution in [3.63, 3.8) is 0 Å². The van der Waals surface area contributed by atoms with Crippen LogP contribution in [0.2, 0.25) is 0 Å². The van der Waals surface area contributed by atoms with Crippen LogP contribution < -0.4 is 0 Å². The monoisotopic (exact) mass is 504 g/mol. The SMILES string of the molecule is CCCC1C[C@@](C)(I)CC=C1[C@]1(C)CCC[C@@](C)(COC(=O)CCC(=O)O)C1. The van der Waals surface area contributed by atoms with Gasteiger partial charge in [-0.1, -0.05) is 74.8 Å². The van der Waals surface area contributed by atoms with Crippen LogP contribution in [0.1, 0.15) is 91.9 Å². The molecule has 0 spiro atoms. The van der Waals surface area contributed by atoms with Crippen LogP contribution in [-0.4, -0.2) is 27.1 Å². The first-order valence-corrected chi connectivity index (χ1v) is 11.8. The molecule has 0 heterocycles. The minimum atomic E-state index is -0.957. The van der Waals surface area contributed by atoms with Crippen molar-refractivity contribution in [1.82, 2.24) is 0 Å². The second-order valence-electron chi connectivity index (χ2n) is 9.92. The predicted molar refractivity (Wildman–Crippen MR) is 121 cm³/mol. The number of carboxylic acids is 1.